The molecule has 0 bridgehead atoms. The molecule has 1 aromatic carbocycles. The van der Waals surface area contributed by atoms with E-state index in [0.29, 0.717) is 11.5 Å². The van der Waals surface area contributed by atoms with E-state index >= 15 is 0 Å². The summed E-state index contributed by atoms with van der Waals surface area (Å²) in [5.74, 6) is 0. The first-order chi connectivity index (χ1) is 15.5. The summed E-state index contributed by atoms with van der Waals surface area (Å²) in [4.78, 5) is 0.445. The third-order valence-corrected chi connectivity index (χ3v) is 15.6. The highest BCUT2D eigenvalue weighted by Gasteiger charge is 2.52. The van der Waals surface area contributed by atoms with Crippen LogP contribution in [0, 0.1) is 4.78 Å². The first-order valence-electron chi connectivity index (χ1n) is 12.2. The van der Waals surface area contributed by atoms with Crippen molar-refractivity contribution in [1.82, 2.24) is 4.39 Å². The monoisotopic (exact) mass is 510 g/mol. The van der Waals surface area contributed by atoms with Crippen LogP contribution in [0.2, 0.25) is 18.1 Å². The molecule has 2 heterocycles. The zero-order chi connectivity index (χ0) is 25.6. The van der Waals surface area contributed by atoms with Crippen LogP contribution in [0.5, 0.6) is 0 Å². The maximum Gasteiger partial charge on any atom is 0.495 e. The molecule has 0 spiro atoms. The first-order valence-corrected chi connectivity index (χ1v) is 16.8. The molecule has 2 fully saturated rings. The minimum Gasteiger partial charge on any atom is -0.399 e. The van der Waals surface area contributed by atoms with Gasteiger partial charge in [0.15, 0.2) is 6.29 Å². The van der Waals surface area contributed by atoms with Gasteiger partial charge >= 0.3 is 7.12 Å². The molecule has 2 atom stereocenters. The maximum atomic E-state index is 13.6. The van der Waals surface area contributed by atoms with Gasteiger partial charge in [-0.3, -0.25) is 0 Å². The zero-order valence-corrected chi connectivity index (χ0v) is 24.2. The summed E-state index contributed by atoms with van der Waals surface area (Å²) in [6.07, 6.45) is 2.72. The topological polar surface area (TPSA) is 89.9 Å². The fourth-order valence-corrected chi connectivity index (χ4v) is 8.82. The van der Waals surface area contributed by atoms with Gasteiger partial charge in [-0.15, -0.1) is 0 Å². The zero-order valence-electron chi connectivity index (χ0n) is 22.4. The van der Waals surface area contributed by atoms with Crippen LogP contribution in [0.15, 0.2) is 23.1 Å². The van der Waals surface area contributed by atoms with Gasteiger partial charge < -0.3 is 18.8 Å². The number of hydrogen-bond acceptors (Lipinski definition) is 6. The van der Waals surface area contributed by atoms with Gasteiger partial charge in [0.1, 0.15) is 18.2 Å². The normalized spacial score (nSPS) is 24.7. The lowest BCUT2D eigenvalue weighted by Gasteiger charge is -2.37. The van der Waals surface area contributed by atoms with E-state index in [1.54, 1.807) is 6.07 Å². The van der Waals surface area contributed by atoms with E-state index in [4.69, 9.17) is 23.6 Å². The van der Waals surface area contributed by atoms with Gasteiger partial charge in [0.2, 0.25) is 0 Å². The lowest BCUT2D eigenvalue weighted by Crippen LogP contribution is -2.54. The Morgan fingerprint density at radius 2 is 1.79 bits per heavy atom. The van der Waals surface area contributed by atoms with E-state index in [0.717, 1.165) is 30.3 Å². The minimum atomic E-state index is -3.21. The minimum absolute atomic E-state index is 0.0520. The van der Waals surface area contributed by atoms with Crippen LogP contribution in [0.1, 0.15) is 73.3 Å². The van der Waals surface area contributed by atoms with Crippen molar-refractivity contribution in [3.8, 4) is 0 Å². The average Bonchev–Trinajstić information content (AvgIpc) is 2.92. The predicted octanol–water partition coefficient (Wildman–Crippen LogP) is 4.94. The molecule has 0 aliphatic carbocycles. The van der Waals surface area contributed by atoms with Crippen molar-refractivity contribution in [3.05, 3.63) is 23.8 Å². The van der Waals surface area contributed by atoms with E-state index in [1.807, 2.05) is 39.8 Å². The molecule has 1 aromatic rings. The molecule has 2 unspecified atom stereocenters. The van der Waals surface area contributed by atoms with Crippen molar-refractivity contribution in [2.75, 3.05) is 6.61 Å². The van der Waals surface area contributed by atoms with Gasteiger partial charge in [0, 0.05) is 6.61 Å². The number of nitrogens with one attached hydrogen (secondary N) is 2. The van der Waals surface area contributed by atoms with Crippen molar-refractivity contribution in [2.24, 2.45) is 0 Å². The lowest BCUT2D eigenvalue weighted by molar-refractivity contribution is -0.168. The first kappa shape index (κ1) is 27.8. The van der Waals surface area contributed by atoms with Crippen molar-refractivity contribution in [3.63, 3.8) is 0 Å². The molecular formula is C24H43BN2O5SSi. The summed E-state index contributed by atoms with van der Waals surface area (Å²) < 4.78 is 50.0. The molecule has 0 amide bonds. The summed E-state index contributed by atoms with van der Waals surface area (Å²) in [6, 6.07) is 5.45. The largest absolute Gasteiger partial charge is 0.495 e. The molecule has 0 aromatic heterocycles. The Hall–Kier alpha value is -0.748. The standard InChI is InChI=1S/C24H43BN2O5SSi/c1-22(2,3)34(8,9)27-33(26,28)19-13-14-20(25-31-23(4,5)24(6,7)32-25)18(16-19)17-30-21-12-10-11-15-29-21/h13-14,16,21H,10-12,15,17H2,1-9H3,(H2,26,27,28). The molecule has 2 aliphatic rings. The number of benzene rings is 1. The fourth-order valence-electron chi connectivity index (χ4n) is 3.68. The average molecular weight is 511 g/mol. The van der Waals surface area contributed by atoms with Gasteiger partial charge in [-0.05, 0) is 75.2 Å². The van der Waals surface area contributed by atoms with Gasteiger partial charge in [0.25, 0.3) is 0 Å². The Labute approximate surface area is 208 Å². The summed E-state index contributed by atoms with van der Waals surface area (Å²) >= 11 is 0. The number of ether oxygens (including phenoxy) is 2. The molecule has 7 nitrogen and oxygen atoms in total. The van der Waals surface area contributed by atoms with Crippen molar-refractivity contribution >= 4 is 30.7 Å². The van der Waals surface area contributed by atoms with Gasteiger partial charge in [-0.2, -0.15) is 0 Å². The van der Waals surface area contributed by atoms with Crippen LogP contribution in [0.4, 0.5) is 0 Å². The second-order valence-electron chi connectivity index (χ2n) is 12.1. The van der Waals surface area contributed by atoms with Crippen LogP contribution < -0.4 is 9.85 Å². The summed E-state index contributed by atoms with van der Waals surface area (Å²) in [6.45, 7) is 19.7. The van der Waals surface area contributed by atoms with E-state index in [9.17, 15) is 4.21 Å². The summed E-state index contributed by atoms with van der Waals surface area (Å²) in [5, 5.41) is -0.0520. The predicted molar refractivity (Wildman–Crippen MR) is 140 cm³/mol. The quantitative estimate of drug-likeness (QED) is 0.507. The second kappa shape index (κ2) is 9.61. The summed E-state index contributed by atoms with van der Waals surface area (Å²) in [5.41, 5.74) is 0.685. The molecule has 192 valence electrons. The highest BCUT2D eigenvalue weighted by atomic mass is 32.2. The Morgan fingerprint density at radius 1 is 1.18 bits per heavy atom. The van der Waals surface area contributed by atoms with Gasteiger partial charge in [0.05, 0.1) is 22.7 Å². The van der Waals surface area contributed by atoms with Gasteiger partial charge in [-0.1, -0.05) is 39.9 Å². The summed E-state index contributed by atoms with van der Waals surface area (Å²) in [7, 11) is -5.96. The molecule has 2 N–H and O–H groups in total. The van der Waals surface area contributed by atoms with Crippen molar-refractivity contribution in [1.29, 1.82) is 4.78 Å². The van der Waals surface area contributed by atoms with Crippen LogP contribution in [0.3, 0.4) is 0 Å². The molecular weight excluding hydrogens is 467 g/mol. The van der Waals surface area contributed by atoms with E-state index < -0.39 is 36.5 Å². The number of rotatable bonds is 7. The smallest absolute Gasteiger partial charge is 0.399 e. The van der Waals surface area contributed by atoms with E-state index in [2.05, 4.69) is 38.3 Å². The number of hydrogen-bond donors (Lipinski definition) is 2. The molecule has 2 saturated heterocycles. The van der Waals surface area contributed by atoms with Crippen molar-refractivity contribution < 1.29 is 23.0 Å². The lowest BCUT2D eigenvalue weighted by atomic mass is 9.76. The van der Waals surface area contributed by atoms with E-state index in [-0.39, 0.29) is 17.9 Å². The Kier molecular flexibility index (Phi) is 7.87. The molecule has 0 saturated carbocycles. The highest BCUT2D eigenvalue weighted by Crippen LogP contribution is 2.37. The molecule has 0 radical (unpaired) electrons. The maximum absolute atomic E-state index is 13.6. The third-order valence-electron chi connectivity index (χ3n) is 7.79. The van der Waals surface area contributed by atoms with Crippen molar-refractivity contribution in [2.45, 2.75) is 115 Å². The van der Waals surface area contributed by atoms with Crippen LogP contribution >= 0.6 is 0 Å². The molecule has 10 heteroatoms. The molecule has 2 aliphatic heterocycles. The Morgan fingerprint density at radius 3 is 2.32 bits per heavy atom. The van der Waals surface area contributed by atoms with Crippen LogP contribution in [-0.4, -0.2) is 43.7 Å². The molecule has 34 heavy (non-hydrogen) atoms. The second-order valence-corrected chi connectivity index (χ2v) is 19.2. The fraction of sp³-hybridized carbons (Fsp3) is 0.750. The Balaban J connectivity index is 1.94. The van der Waals surface area contributed by atoms with Crippen LogP contribution in [0.25, 0.3) is 0 Å². The van der Waals surface area contributed by atoms with Gasteiger partial charge in [-0.25, -0.2) is 13.4 Å². The SMILES string of the molecule is CC1(C)OB(c2ccc(S(=N)(=O)N[Si](C)(C)C(C)(C)C)cc2COC2CCCCO2)OC1(C)C. The van der Waals surface area contributed by atoms with E-state index in [1.165, 1.54) is 0 Å². The molecule has 3 rings (SSSR count). The van der Waals surface area contributed by atoms with Crippen LogP contribution in [-0.2, 0) is 35.3 Å². The highest BCUT2D eigenvalue weighted by molar-refractivity contribution is 7.92. The third kappa shape index (κ3) is 5.96. The Bertz CT molecular complexity index is 970.